The zero-order valence-electron chi connectivity index (χ0n) is 11.4. The van der Waals surface area contributed by atoms with Crippen molar-refractivity contribution >= 4 is 0 Å². The monoisotopic (exact) mass is 270 g/mol. The molecule has 1 fully saturated rings. The summed E-state index contributed by atoms with van der Waals surface area (Å²) >= 11 is 0. The molecule has 1 atom stereocenters. The molecule has 3 rings (SSSR count). The van der Waals surface area contributed by atoms with Gasteiger partial charge in [0.25, 0.3) is 0 Å². The Hall–Kier alpha value is -1.71. The van der Waals surface area contributed by atoms with Crippen LogP contribution < -0.4 is 5.32 Å². The fourth-order valence-corrected chi connectivity index (χ4v) is 2.76. The summed E-state index contributed by atoms with van der Waals surface area (Å²) in [7, 11) is 0. The first-order valence-corrected chi connectivity index (χ1v) is 7.07. The predicted molar refractivity (Wildman–Crippen MR) is 78.9 cm³/mol. The summed E-state index contributed by atoms with van der Waals surface area (Å²) in [5, 5.41) is 3.46. The van der Waals surface area contributed by atoms with Crippen LogP contribution >= 0.6 is 0 Å². The Kier molecular flexibility index (Phi) is 4.09. The van der Waals surface area contributed by atoms with Gasteiger partial charge in [-0.1, -0.05) is 42.5 Å². The van der Waals surface area contributed by atoms with E-state index in [1.807, 2.05) is 18.2 Å². The quantitative estimate of drug-likeness (QED) is 0.922. The van der Waals surface area contributed by atoms with Crippen molar-refractivity contribution in [2.75, 3.05) is 19.6 Å². The fourth-order valence-electron chi connectivity index (χ4n) is 2.76. The highest BCUT2D eigenvalue weighted by molar-refractivity contribution is 5.21. The lowest BCUT2D eigenvalue weighted by molar-refractivity contribution is 0.153. The van der Waals surface area contributed by atoms with Crippen LogP contribution in [-0.4, -0.2) is 24.5 Å². The molecule has 1 unspecified atom stereocenters. The van der Waals surface area contributed by atoms with E-state index in [-0.39, 0.29) is 5.82 Å². The van der Waals surface area contributed by atoms with Crippen LogP contribution in [0.15, 0.2) is 54.6 Å². The third-order valence-corrected chi connectivity index (χ3v) is 3.84. The minimum Gasteiger partial charge on any atom is -0.314 e. The van der Waals surface area contributed by atoms with Gasteiger partial charge >= 0.3 is 0 Å². The van der Waals surface area contributed by atoms with Crippen LogP contribution in [0.2, 0.25) is 0 Å². The molecule has 3 heteroatoms. The van der Waals surface area contributed by atoms with E-state index in [9.17, 15) is 4.39 Å². The second-order valence-corrected chi connectivity index (χ2v) is 5.23. The molecular weight excluding hydrogens is 251 g/mol. The van der Waals surface area contributed by atoms with Crippen molar-refractivity contribution in [3.8, 4) is 0 Å². The van der Waals surface area contributed by atoms with Gasteiger partial charge in [-0.2, -0.15) is 0 Å². The van der Waals surface area contributed by atoms with Crippen LogP contribution in [0.3, 0.4) is 0 Å². The molecule has 0 bridgehead atoms. The Labute approximate surface area is 119 Å². The third-order valence-electron chi connectivity index (χ3n) is 3.84. The highest BCUT2D eigenvalue weighted by Gasteiger charge is 2.23. The Bertz CT molecular complexity index is 539. The van der Waals surface area contributed by atoms with E-state index in [0.29, 0.717) is 6.04 Å². The Morgan fingerprint density at radius 3 is 2.55 bits per heavy atom. The number of halogens is 1. The molecule has 0 aromatic heterocycles. The topological polar surface area (TPSA) is 15.3 Å². The molecule has 20 heavy (non-hydrogen) atoms. The second-order valence-electron chi connectivity index (χ2n) is 5.23. The highest BCUT2D eigenvalue weighted by atomic mass is 19.1. The number of piperazine rings is 1. The van der Waals surface area contributed by atoms with Gasteiger partial charge < -0.3 is 5.32 Å². The van der Waals surface area contributed by atoms with Crippen molar-refractivity contribution in [2.24, 2.45) is 0 Å². The summed E-state index contributed by atoms with van der Waals surface area (Å²) < 4.78 is 13.0. The van der Waals surface area contributed by atoms with Gasteiger partial charge in [0.05, 0.1) is 0 Å². The molecule has 0 aliphatic carbocycles. The lowest BCUT2D eigenvalue weighted by Crippen LogP contribution is -2.45. The first-order chi connectivity index (χ1) is 9.83. The summed E-state index contributed by atoms with van der Waals surface area (Å²) in [4.78, 5) is 2.46. The van der Waals surface area contributed by atoms with Crippen LogP contribution in [0.1, 0.15) is 17.2 Å². The highest BCUT2D eigenvalue weighted by Crippen LogP contribution is 2.23. The molecule has 1 aliphatic rings. The van der Waals surface area contributed by atoms with Gasteiger partial charge in [0, 0.05) is 32.2 Å². The normalized spacial score (nSPS) is 19.9. The molecule has 1 saturated heterocycles. The van der Waals surface area contributed by atoms with Gasteiger partial charge in [0.2, 0.25) is 0 Å². The fraction of sp³-hybridized carbons (Fsp3) is 0.294. The van der Waals surface area contributed by atoms with Crippen molar-refractivity contribution < 1.29 is 4.39 Å². The van der Waals surface area contributed by atoms with Crippen molar-refractivity contribution in [1.82, 2.24) is 10.2 Å². The molecule has 1 heterocycles. The van der Waals surface area contributed by atoms with E-state index < -0.39 is 0 Å². The summed E-state index contributed by atoms with van der Waals surface area (Å²) in [6, 6.07) is 17.8. The maximum atomic E-state index is 13.0. The molecule has 0 saturated carbocycles. The van der Waals surface area contributed by atoms with E-state index in [2.05, 4.69) is 34.5 Å². The zero-order chi connectivity index (χ0) is 13.8. The largest absolute Gasteiger partial charge is 0.314 e. The van der Waals surface area contributed by atoms with Gasteiger partial charge in [0.1, 0.15) is 5.82 Å². The molecule has 1 aliphatic heterocycles. The van der Waals surface area contributed by atoms with Crippen molar-refractivity contribution in [1.29, 1.82) is 0 Å². The van der Waals surface area contributed by atoms with Crippen molar-refractivity contribution in [3.63, 3.8) is 0 Å². The third kappa shape index (κ3) is 3.06. The number of benzene rings is 2. The van der Waals surface area contributed by atoms with Crippen LogP contribution in [-0.2, 0) is 6.54 Å². The first-order valence-electron chi connectivity index (χ1n) is 7.07. The number of nitrogens with one attached hydrogen (secondary N) is 1. The molecule has 0 radical (unpaired) electrons. The number of hydrogen-bond acceptors (Lipinski definition) is 2. The predicted octanol–water partition coefficient (Wildman–Crippen LogP) is 2.97. The molecule has 2 aromatic rings. The minimum absolute atomic E-state index is 0.173. The molecular formula is C17H19FN2. The van der Waals surface area contributed by atoms with Gasteiger partial charge in [-0.25, -0.2) is 4.39 Å². The van der Waals surface area contributed by atoms with E-state index in [0.717, 1.165) is 31.7 Å². The molecule has 2 aromatic carbocycles. The molecule has 1 N–H and O–H groups in total. The Morgan fingerprint density at radius 2 is 1.80 bits per heavy atom. The SMILES string of the molecule is Fc1ccc(CN2CCNCC2c2ccccc2)cc1. The second kappa shape index (κ2) is 6.16. The lowest BCUT2D eigenvalue weighted by atomic mass is 10.0. The number of nitrogens with zero attached hydrogens (tertiary/aromatic N) is 1. The number of rotatable bonds is 3. The average molecular weight is 270 g/mol. The maximum absolute atomic E-state index is 13.0. The standard InChI is InChI=1S/C17H19FN2/c18-16-8-6-14(7-9-16)13-20-11-10-19-12-17(20)15-4-2-1-3-5-15/h1-9,17,19H,10-13H2. The van der Waals surface area contributed by atoms with E-state index in [1.165, 1.54) is 17.7 Å². The van der Waals surface area contributed by atoms with Crippen LogP contribution in [0.25, 0.3) is 0 Å². The van der Waals surface area contributed by atoms with Crippen molar-refractivity contribution in [2.45, 2.75) is 12.6 Å². The lowest BCUT2D eigenvalue weighted by Gasteiger charge is -2.36. The van der Waals surface area contributed by atoms with Crippen LogP contribution in [0.4, 0.5) is 4.39 Å². The van der Waals surface area contributed by atoms with Crippen LogP contribution in [0, 0.1) is 5.82 Å². The molecule has 0 spiro atoms. The smallest absolute Gasteiger partial charge is 0.123 e. The summed E-state index contributed by atoms with van der Waals surface area (Å²) in [6.45, 7) is 3.84. The molecule has 104 valence electrons. The summed E-state index contributed by atoms with van der Waals surface area (Å²) in [5.74, 6) is -0.173. The average Bonchev–Trinajstić information content (AvgIpc) is 2.51. The Morgan fingerprint density at radius 1 is 1.05 bits per heavy atom. The molecule has 0 amide bonds. The van der Waals surface area contributed by atoms with Crippen LogP contribution in [0.5, 0.6) is 0 Å². The number of hydrogen-bond donors (Lipinski definition) is 1. The van der Waals surface area contributed by atoms with Gasteiger partial charge in [-0.3, -0.25) is 4.90 Å². The van der Waals surface area contributed by atoms with Gasteiger partial charge in [-0.15, -0.1) is 0 Å². The Balaban J connectivity index is 1.77. The summed E-state index contributed by atoms with van der Waals surface area (Å²) in [6.07, 6.45) is 0. The van der Waals surface area contributed by atoms with E-state index >= 15 is 0 Å². The maximum Gasteiger partial charge on any atom is 0.123 e. The van der Waals surface area contributed by atoms with Gasteiger partial charge in [0.15, 0.2) is 0 Å². The van der Waals surface area contributed by atoms with E-state index in [4.69, 9.17) is 0 Å². The zero-order valence-corrected chi connectivity index (χ0v) is 11.4. The van der Waals surface area contributed by atoms with Crippen molar-refractivity contribution in [3.05, 3.63) is 71.5 Å². The summed E-state index contributed by atoms with van der Waals surface area (Å²) in [5.41, 5.74) is 2.50. The van der Waals surface area contributed by atoms with E-state index in [1.54, 1.807) is 0 Å². The molecule has 2 nitrogen and oxygen atoms in total. The minimum atomic E-state index is -0.173. The van der Waals surface area contributed by atoms with Gasteiger partial charge in [-0.05, 0) is 23.3 Å². The first kappa shape index (κ1) is 13.3.